The van der Waals surface area contributed by atoms with Crippen molar-refractivity contribution in [3.8, 4) is 0 Å². The maximum absolute atomic E-state index is 5.66. The van der Waals surface area contributed by atoms with Gasteiger partial charge in [0, 0.05) is 12.6 Å². The van der Waals surface area contributed by atoms with Gasteiger partial charge >= 0.3 is 0 Å². The second kappa shape index (κ2) is 4.37. The highest BCUT2D eigenvalue weighted by molar-refractivity contribution is 4.89. The van der Waals surface area contributed by atoms with Crippen LogP contribution in [0.25, 0.3) is 0 Å². The molecule has 0 saturated carbocycles. The third-order valence-corrected chi connectivity index (χ3v) is 3.20. The van der Waals surface area contributed by atoms with Crippen LogP contribution in [0.3, 0.4) is 0 Å². The summed E-state index contributed by atoms with van der Waals surface area (Å²) in [7, 11) is 6.31. The van der Waals surface area contributed by atoms with E-state index in [1.807, 2.05) is 0 Å². The molecule has 0 bridgehead atoms. The first-order valence-corrected chi connectivity index (χ1v) is 5.71. The number of ether oxygens (including phenoxy) is 2. The molecule has 2 fully saturated rings. The largest absolute Gasteiger partial charge is 0.373 e. The highest BCUT2D eigenvalue weighted by Gasteiger charge is 2.44. The standard InChI is InChI=1S/C11H22N2O2/c1-8(5-9-7-14-9)13(4)11-10(15-11)6-12(2)3/h8-11H,5-7H2,1-4H3/t8?,9?,10?,11-/m1/s1. The van der Waals surface area contributed by atoms with Crippen molar-refractivity contribution in [1.82, 2.24) is 9.80 Å². The molecule has 0 spiro atoms. The minimum Gasteiger partial charge on any atom is -0.373 e. The fraction of sp³-hybridized carbons (Fsp3) is 1.00. The van der Waals surface area contributed by atoms with E-state index >= 15 is 0 Å². The van der Waals surface area contributed by atoms with Gasteiger partial charge in [-0.15, -0.1) is 0 Å². The summed E-state index contributed by atoms with van der Waals surface area (Å²) in [5, 5.41) is 0. The van der Waals surface area contributed by atoms with Crippen LogP contribution in [0.15, 0.2) is 0 Å². The first kappa shape index (κ1) is 11.3. The summed E-state index contributed by atoms with van der Waals surface area (Å²) in [5.41, 5.74) is 0. The van der Waals surface area contributed by atoms with Crippen molar-refractivity contribution < 1.29 is 9.47 Å². The first-order valence-electron chi connectivity index (χ1n) is 5.71. The molecule has 2 saturated heterocycles. The summed E-state index contributed by atoms with van der Waals surface area (Å²) >= 11 is 0. The molecular weight excluding hydrogens is 192 g/mol. The van der Waals surface area contributed by atoms with Crippen LogP contribution in [0.4, 0.5) is 0 Å². The molecule has 2 aliphatic rings. The Kier molecular flexibility index (Phi) is 3.30. The normalized spacial score (nSPS) is 36.0. The molecule has 3 unspecified atom stereocenters. The van der Waals surface area contributed by atoms with Crippen molar-refractivity contribution in [3.63, 3.8) is 0 Å². The lowest BCUT2D eigenvalue weighted by molar-refractivity contribution is 0.152. The average Bonchev–Trinajstić information content (AvgIpc) is 2.99. The van der Waals surface area contributed by atoms with E-state index in [0.717, 1.165) is 19.6 Å². The molecule has 0 aromatic carbocycles. The van der Waals surface area contributed by atoms with Gasteiger partial charge in [0.05, 0.1) is 12.7 Å². The number of epoxide rings is 2. The number of hydrogen-bond donors (Lipinski definition) is 0. The van der Waals surface area contributed by atoms with Gasteiger partial charge in [0.15, 0.2) is 0 Å². The van der Waals surface area contributed by atoms with Crippen molar-refractivity contribution >= 4 is 0 Å². The Bertz CT molecular complexity index is 219. The predicted octanol–water partition coefficient (Wildman–Crippen LogP) is 0.382. The Balaban J connectivity index is 1.69. The Morgan fingerprint density at radius 3 is 2.53 bits per heavy atom. The number of nitrogens with zero attached hydrogens (tertiary/aromatic N) is 2. The molecule has 2 rings (SSSR count). The molecule has 0 aliphatic carbocycles. The van der Waals surface area contributed by atoms with E-state index in [2.05, 4.69) is 37.9 Å². The van der Waals surface area contributed by atoms with E-state index in [9.17, 15) is 0 Å². The van der Waals surface area contributed by atoms with Crippen LogP contribution in [0.2, 0.25) is 0 Å². The third-order valence-electron chi connectivity index (χ3n) is 3.20. The molecule has 2 aliphatic heterocycles. The second-order valence-corrected chi connectivity index (χ2v) is 5.03. The van der Waals surface area contributed by atoms with Gasteiger partial charge in [0.25, 0.3) is 0 Å². The summed E-state index contributed by atoms with van der Waals surface area (Å²) in [6.07, 6.45) is 2.35. The van der Waals surface area contributed by atoms with Crippen LogP contribution >= 0.6 is 0 Å². The topological polar surface area (TPSA) is 31.5 Å². The van der Waals surface area contributed by atoms with Crippen molar-refractivity contribution in [2.75, 3.05) is 34.3 Å². The number of rotatable bonds is 6. The molecule has 2 heterocycles. The predicted molar refractivity (Wildman–Crippen MR) is 58.8 cm³/mol. The second-order valence-electron chi connectivity index (χ2n) is 5.03. The fourth-order valence-corrected chi connectivity index (χ4v) is 1.99. The van der Waals surface area contributed by atoms with Crippen LogP contribution in [-0.4, -0.2) is 68.6 Å². The molecule has 0 aromatic heterocycles. The summed E-state index contributed by atoms with van der Waals surface area (Å²) in [5.74, 6) is 0. The smallest absolute Gasteiger partial charge is 0.139 e. The Morgan fingerprint density at radius 2 is 2.00 bits per heavy atom. The van der Waals surface area contributed by atoms with Crippen LogP contribution < -0.4 is 0 Å². The lowest BCUT2D eigenvalue weighted by atomic mass is 10.1. The van der Waals surface area contributed by atoms with Gasteiger partial charge in [0.1, 0.15) is 12.3 Å². The zero-order valence-corrected chi connectivity index (χ0v) is 10.1. The van der Waals surface area contributed by atoms with E-state index in [0.29, 0.717) is 24.5 Å². The first-order chi connectivity index (χ1) is 7.08. The van der Waals surface area contributed by atoms with Crippen molar-refractivity contribution in [2.45, 2.75) is 37.8 Å². The van der Waals surface area contributed by atoms with Crippen LogP contribution in [0.5, 0.6) is 0 Å². The van der Waals surface area contributed by atoms with Crippen LogP contribution in [0, 0.1) is 0 Å². The summed E-state index contributed by atoms with van der Waals surface area (Å²) in [4.78, 5) is 4.50. The maximum atomic E-state index is 5.66. The van der Waals surface area contributed by atoms with E-state index in [4.69, 9.17) is 9.47 Å². The summed E-state index contributed by atoms with van der Waals surface area (Å²) < 4.78 is 10.9. The third kappa shape index (κ3) is 3.14. The van der Waals surface area contributed by atoms with Crippen LogP contribution in [-0.2, 0) is 9.47 Å². The molecule has 4 atom stereocenters. The fourth-order valence-electron chi connectivity index (χ4n) is 1.99. The molecule has 4 nitrogen and oxygen atoms in total. The van der Waals surface area contributed by atoms with E-state index < -0.39 is 0 Å². The quantitative estimate of drug-likeness (QED) is 0.598. The highest BCUT2D eigenvalue weighted by atomic mass is 16.6. The molecule has 0 aromatic rings. The Labute approximate surface area is 92.1 Å². The van der Waals surface area contributed by atoms with Gasteiger partial charge in [-0.3, -0.25) is 4.90 Å². The molecule has 4 heteroatoms. The van der Waals surface area contributed by atoms with Gasteiger partial charge in [-0.1, -0.05) is 0 Å². The molecule has 88 valence electrons. The van der Waals surface area contributed by atoms with E-state index in [1.54, 1.807) is 0 Å². The molecule has 0 N–H and O–H groups in total. The lowest BCUT2D eigenvalue weighted by Gasteiger charge is -2.22. The summed E-state index contributed by atoms with van der Waals surface area (Å²) in [6, 6.07) is 0.551. The van der Waals surface area contributed by atoms with E-state index in [1.165, 1.54) is 0 Å². The molecule has 0 amide bonds. The summed E-state index contributed by atoms with van der Waals surface area (Å²) in [6.45, 7) is 4.21. The van der Waals surface area contributed by atoms with Gasteiger partial charge in [-0.05, 0) is 34.5 Å². The van der Waals surface area contributed by atoms with Crippen molar-refractivity contribution in [3.05, 3.63) is 0 Å². The van der Waals surface area contributed by atoms with Crippen LogP contribution in [0.1, 0.15) is 13.3 Å². The molecule has 15 heavy (non-hydrogen) atoms. The van der Waals surface area contributed by atoms with Gasteiger partial charge in [-0.2, -0.15) is 0 Å². The number of likely N-dealkylation sites (N-methyl/N-ethyl adjacent to an activating group) is 2. The van der Waals surface area contributed by atoms with Crippen molar-refractivity contribution in [2.24, 2.45) is 0 Å². The zero-order valence-electron chi connectivity index (χ0n) is 10.1. The highest BCUT2D eigenvalue weighted by Crippen LogP contribution is 2.29. The Hall–Kier alpha value is -0.160. The lowest BCUT2D eigenvalue weighted by Crippen LogP contribution is -2.35. The van der Waals surface area contributed by atoms with Gasteiger partial charge < -0.3 is 14.4 Å². The van der Waals surface area contributed by atoms with Crippen molar-refractivity contribution in [1.29, 1.82) is 0 Å². The maximum Gasteiger partial charge on any atom is 0.139 e. The van der Waals surface area contributed by atoms with Gasteiger partial charge in [0.2, 0.25) is 0 Å². The Morgan fingerprint density at radius 1 is 1.33 bits per heavy atom. The molecular formula is C11H22N2O2. The van der Waals surface area contributed by atoms with Gasteiger partial charge in [-0.25, -0.2) is 0 Å². The number of hydrogen-bond acceptors (Lipinski definition) is 4. The minimum atomic E-state index is 0.321. The van der Waals surface area contributed by atoms with E-state index in [-0.39, 0.29) is 0 Å². The SMILES string of the molecule is CC(CC1CO1)N(C)[C@@H]1OC1CN(C)C. The molecule has 0 radical (unpaired) electrons. The monoisotopic (exact) mass is 214 g/mol. The zero-order chi connectivity index (χ0) is 11.0. The average molecular weight is 214 g/mol. The minimum absolute atomic E-state index is 0.321.